The lowest BCUT2D eigenvalue weighted by Crippen LogP contribution is -2.36. The van der Waals surface area contributed by atoms with Gasteiger partial charge in [-0.2, -0.15) is 0 Å². The molecular weight excluding hydrogens is 358 g/mol. The van der Waals surface area contributed by atoms with Crippen molar-refractivity contribution in [1.82, 2.24) is 25.1 Å². The first kappa shape index (κ1) is 20.2. The Kier molecular flexibility index (Phi) is 7.32. The highest BCUT2D eigenvalue weighted by Gasteiger charge is 2.13. The normalized spacial score (nSPS) is 14.5. The average Bonchev–Trinajstić information content (AvgIpc) is 3.14. The second-order valence-corrected chi connectivity index (χ2v) is 7.04. The van der Waals surface area contributed by atoms with Gasteiger partial charge in [-0.1, -0.05) is 13.3 Å². The molecule has 1 fully saturated rings. The van der Waals surface area contributed by atoms with Crippen LogP contribution in [-0.4, -0.2) is 70.9 Å². The molecule has 1 N–H and O–H groups in total. The third kappa shape index (κ3) is 5.74. The minimum absolute atomic E-state index is 0.0609. The number of rotatable bonds is 9. The highest BCUT2D eigenvalue weighted by atomic mass is 16.5. The smallest absolute Gasteiger partial charge is 0.238 e. The number of hydrogen-bond acceptors (Lipinski definition) is 7. The molecular formula is C19H29N7O2. The lowest BCUT2D eigenvalue weighted by atomic mass is 10.2. The largest absolute Gasteiger partial charge is 0.378 e. The summed E-state index contributed by atoms with van der Waals surface area (Å²) in [6.45, 7) is 7.04. The van der Waals surface area contributed by atoms with Gasteiger partial charge < -0.3 is 15.0 Å². The van der Waals surface area contributed by atoms with Crippen LogP contribution in [0.1, 0.15) is 25.6 Å². The van der Waals surface area contributed by atoms with E-state index >= 15 is 0 Å². The number of unbranched alkanes of at least 4 members (excludes halogenated alkanes) is 1. The third-order valence-electron chi connectivity index (χ3n) is 4.68. The first-order valence-electron chi connectivity index (χ1n) is 9.82. The van der Waals surface area contributed by atoms with E-state index in [0.717, 1.165) is 62.9 Å². The molecule has 1 aliphatic heterocycles. The summed E-state index contributed by atoms with van der Waals surface area (Å²) in [5.74, 6) is 0.716. The summed E-state index contributed by atoms with van der Waals surface area (Å²) in [5, 5.41) is 14.8. The molecule has 1 aliphatic rings. The van der Waals surface area contributed by atoms with Gasteiger partial charge in [-0.3, -0.25) is 9.69 Å². The Morgan fingerprint density at radius 3 is 2.71 bits per heavy atom. The number of aryl methyl sites for hydroxylation is 1. The number of tetrazole rings is 1. The minimum atomic E-state index is -0.0609. The Labute approximate surface area is 165 Å². The number of carbonyl (C=O) groups excluding carboxylic acids is 1. The molecule has 0 spiro atoms. The van der Waals surface area contributed by atoms with Crippen molar-refractivity contribution in [3.63, 3.8) is 0 Å². The van der Waals surface area contributed by atoms with Crippen molar-refractivity contribution in [3.05, 3.63) is 30.1 Å². The van der Waals surface area contributed by atoms with Gasteiger partial charge in [-0.05, 0) is 48.2 Å². The van der Waals surface area contributed by atoms with Crippen LogP contribution in [0.3, 0.4) is 0 Å². The summed E-state index contributed by atoms with van der Waals surface area (Å²) in [7, 11) is 1.89. The van der Waals surface area contributed by atoms with Crippen LogP contribution in [0.25, 0.3) is 0 Å². The SMILES string of the molecule is CCCCn1nnnc1CN(C)CC(=O)Nc1ccc(N2CCOCC2)cc1. The molecule has 9 heteroatoms. The number of ether oxygens (including phenoxy) is 1. The number of nitrogens with one attached hydrogen (secondary N) is 1. The first-order valence-corrected chi connectivity index (χ1v) is 9.82. The zero-order chi connectivity index (χ0) is 19.8. The minimum Gasteiger partial charge on any atom is -0.378 e. The highest BCUT2D eigenvalue weighted by Crippen LogP contribution is 2.19. The molecule has 0 radical (unpaired) electrons. The molecule has 0 atom stereocenters. The summed E-state index contributed by atoms with van der Waals surface area (Å²) >= 11 is 0. The molecule has 28 heavy (non-hydrogen) atoms. The van der Waals surface area contributed by atoms with Crippen molar-refractivity contribution in [3.8, 4) is 0 Å². The number of aromatic nitrogens is 4. The lowest BCUT2D eigenvalue weighted by Gasteiger charge is -2.28. The van der Waals surface area contributed by atoms with Crippen LogP contribution >= 0.6 is 0 Å². The molecule has 2 heterocycles. The first-order chi connectivity index (χ1) is 13.7. The fraction of sp³-hybridized carbons (Fsp3) is 0.579. The number of hydrogen-bond donors (Lipinski definition) is 1. The predicted molar refractivity (Wildman–Crippen MR) is 107 cm³/mol. The molecule has 9 nitrogen and oxygen atoms in total. The zero-order valence-corrected chi connectivity index (χ0v) is 16.7. The predicted octanol–water partition coefficient (Wildman–Crippen LogP) is 1.38. The summed E-state index contributed by atoms with van der Waals surface area (Å²) in [6, 6.07) is 7.95. The van der Waals surface area contributed by atoms with Crippen molar-refractivity contribution in [2.24, 2.45) is 0 Å². The molecule has 1 aromatic heterocycles. The van der Waals surface area contributed by atoms with E-state index in [1.165, 1.54) is 0 Å². The topological polar surface area (TPSA) is 88.4 Å². The van der Waals surface area contributed by atoms with E-state index in [4.69, 9.17) is 4.74 Å². The molecule has 152 valence electrons. The standard InChI is InChI=1S/C19H29N7O2/c1-3-4-9-26-18(21-22-23-26)14-24(2)15-19(27)20-16-5-7-17(8-6-16)25-10-12-28-13-11-25/h5-8H,3-4,9-15H2,1-2H3,(H,20,27). The number of likely N-dealkylation sites (N-methyl/N-ethyl adjacent to an activating group) is 1. The Balaban J connectivity index is 1.47. The average molecular weight is 387 g/mol. The van der Waals surface area contributed by atoms with E-state index in [1.807, 2.05) is 40.9 Å². The molecule has 0 saturated carbocycles. The maximum absolute atomic E-state index is 12.4. The zero-order valence-electron chi connectivity index (χ0n) is 16.7. The van der Waals surface area contributed by atoms with E-state index in [1.54, 1.807) is 0 Å². The van der Waals surface area contributed by atoms with E-state index in [0.29, 0.717) is 6.54 Å². The molecule has 1 saturated heterocycles. The van der Waals surface area contributed by atoms with E-state index in [-0.39, 0.29) is 12.5 Å². The van der Waals surface area contributed by atoms with Gasteiger partial charge in [0, 0.05) is 31.0 Å². The second-order valence-electron chi connectivity index (χ2n) is 7.04. The van der Waals surface area contributed by atoms with Crippen LogP contribution < -0.4 is 10.2 Å². The van der Waals surface area contributed by atoms with Gasteiger partial charge in [0.25, 0.3) is 0 Å². The molecule has 1 amide bonds. The molecule has 3 rings (SSSR count). The molecule has 0 unspecified atom stereocenters. The third-order valence-corrected chi connectivity index (χ3v) is 4.68. The summed E-state index contributed by atoms with van der Waals surface area (Å²) < 4.78 is 7.19. The van der Waals surface area contributed by atoms with Crippen LogP contribution in [0.4, 0.5) is 11.4 Å². The number of carbonyl (C=O) groups is 1. The Morgan fingerprint density at radius 2 is 2.00 bits per heavy atom. The lowest BCUT2D eigenvalue weighted by molar-refractivity contribution is -0.117. The van der Waals surface area contributed by atoms with Crippen LogP contribution in [0.2, 0.25) is 0 Å². The maximum Gasteiger partial charge on any atom is 0.238 e. The number of benzene rings is 1. The van der Waals surface area contributed by atoms with Gasteiger partial charge in [-0.25, -0.2) is 4.68 Å². The second kappa shape index (κ2) is 10.1. The highest BCUT2D eigenvalue weighted by molar-refractivity contribution is 5.92. The Hall–Kier alpha value is -2.52. The van der Waals surface area contributed by atoms with Gasteiger partial charge >= 0.3 is 0 Å². The van der Waals surface area contributed by atoms with Crippen LogP contribution in [0.5, 0.6) is 0 Å². The van der Waals surface area contributed by atoms with Gasteiger partial charge in [0.1, 0.15) is 0 Å². The summed E-state index contributed by atoms with van der Waals surface area (Å²) in [6.07, 6.45) is 2.12. The van der Waals surface area contributed by atoms with Crippen LogP contribution in [0.15, 0.2) is 24.3 Å². The molecule has 1 aromatic carbocycles. The fourth-order valence-electron chi connectivity index (χ4n) is 3.14. The van der Waals surface area contributed by atoms with Crippen molar-refractivity contribution >= 4 is 17.3 Å². The van der Waals surface area contributed by atoms with E-state index in [2.05, 4.69) is 32.7 Å². The van der Waals surface area contributed by atoms with E-state index < -0.39 is 0 Å². The van der Waals surface area contributed by atoms with Crippen molar-refractivity contribution in [1.29, 1.82) is 0 Å². The summed E-state index contributed by atoms with van der Waals surface area (Å²) in [5.41, 5.74) is 1.94. The fourth-order valence-corrected chi connectivity index (χ4v) is 3.14. The molecule has 2 aromatic rings. The quantitative estimate of drug-likeness (QED) is 0.695. The van der Waals surface area contributed by atoms with Gasteiger partial charge in [0.2, 0.25) is 5.91 Å². The van der Waals surface area contributed by atoms with Gasteiger partial charge in [0.05, 0.1) is 26.3 Å². The van der Waals surface area contributed by atoms with E-state index in [9.17, 15) is 4.79 Å². The summed E-state index contributed by atoms with van der Waals surface area (Å²) in [4.78, 5) is 16.5. The Bertz CT molecular complexity index is 741. The van der Waals surface area contributed by atoms with Crippen LogP contribution in [-0.2, 0) is 22.6 Å². The molecule has 0 aliphatic carbocycles. The monoisotopic (exact) mass is 387 g/mol. The van der Waals surface area contributed by atoms with Crippen molar-refractivity contribution < 1.29 is 9.53 Å². The van der Waals surface area contributed by atoms with Crippen molar-refractivity contribution in [2.45, 2.75) is 32.9 Å². The molecule has 0 bridgehead atoms. The number of anilines is 2. The number of morpholine rings is 1. The maximum atomic E-state index is 12.4. The number of amides is 1. The number of nitrogens with zero attached hydrogens (tertiary/aromatic N) is 6. The Morgan fingerprint density at radius 1 is 1.25 bits per heavy atom. The van der Waals surface area contributed by atoms with Crippen LogP contribution in [0, 0.1) is 0 Å². The van der Waals surface area contributed by atoms with Gasteiger partial charge in [0.15, 0.2) is 5.82 Å². The van der Waals surface area contributed by atoms with Crippen molar-refractivity contribution in [2.75, 3.05) is 50.1 Å². The van der Waals surface area contributed by atoms with Gasteiger partial charge in [-0.15, -0.1) is 5.10 Å².